The van der Waals surface area contributed by atoms with Gasteiger partial charge in [-0.15, -0.1) is 0 Å². The number of aryl methyl sites for hydroxylation is 1. The SMILES string of the molecule is C=C1NC(=O)C2(CCC(=NOc3nc4oc(=O)cc(CCCC5CC5)c4c(=O)[nH]3)CC2)N1. The van der Waals surface area contributed by atoms with Crippen molar-refractivity contribution in [3.8, 4) is 6.01 Å². The molecular formula is C22H25N5O5. The number of aromatic nitrogens is 2. The molecule has 3 heterocycles. The van der Waals surface area contributed by atoms with Crippen LogP contribution in [0.2, 0.25) is 0 Å². The van der Waals surface area contributed by atoms with Crippen LogP contribution in [0.3, 0.4) is 0 Å². The lowest BCUT2D eigenvalue weighted by molar-refractivity contribution is -0.124. The average molecular weight is 439 g/mol. The van der Waals surface area contributed by atoms with E-state index in [1.165, 1.54) is 18.9 Å². The third kappa shape index (κ3) is 4.04. The quantitative estimate of drug-likeness (QED) is 0.584. The van der Waals surface area contributed by atoms with Crippen molar-refractivity contribution in [3.63, 3.8) is 0 Å². The topological polar surface area (TPSA) is 139 Å². The zero-order chi connectivity index (χ0) is 22.3. The summed E-state index contributed by atoms with van der Waals surface area (Å²) < 4.78 is 5.16. The molecule has 1 amide bonds. The summed E-state index contributed by atoms with van der Waals surface area (Å²) in [5.74, 6) is 1.22. The standard InChI is InChI=1S/C22H25N5O5/c1-12-23-20(30)22(26-12)9-7-15(8-10-22)27-32-21-24-18(29)17-14(4-2-3-13-5-6-13)11-16(28)31-19(17)25-21/h11,13,26H,1-10H2,(H,23,30)(H,24,25,29). The van der Waals surface area contributed by atoms with Crippen LogP contribution in [0.1, 0.15) is 56.9 Å². The van der Waals surface area contributed by atoms with Gasteiger partial charge in [0.25, 0.3) is 11.5 Å². The van der Waals surface area contributed by atoms with Gasteiger partial charge in [0, 0.05) is 6.07 Å². The number of carbonyl (C=O) groups excluding carboxylic acids is 1. The number of nitrogens with one attached hydrogen (secondary N) is 3. The van der Waals surface area contributed by atoms with Crippen LogP contribution in [-0.2, 0) is 11.2 Å². The predicted molar refractivity (Wildman–Crippen MR) is 116 cm³/mol. The van der Waals surface area contributed by atoms with E-state index < -0.39 is 16.7 Å². The molecule has 10 heteroatoms. The van der Waals surface area contributed by atoms with E-state index in [1.807, 2.05) is 0 Å². The molecule has 5 rings (SSSR count). The number of H-pyrrole nitrogens is 1. The van der Waals surface area contributed by atoms with Gasteiger partial charge in [-0.2, -0.15) is 4.98 Å². The van der Waals surface area contributed by atoms with Crippen molar-refractivity contribution in [1.29, 1.82) is 0 Å². The molecule has 1 spiro atoms. The van der Waals surface area contributed by atoms with Gasteiger partial charge >= 0.3 is 11.6 Å². The van der Waals surface area contributed by atoms with Crippen LogP contribution in [0, 0.1) is 5.92 Å². The van der Waals surface area contributed by atoms with E-state index in [0.717, 1.165) is 24.5 Å². The first-order valence-electron chi connectivity index (χ1n) is 11.0. The summed E-state index contributed by atoms with van der Waals surface area (Å²) in [6.07, 6.45) is 7.38. The van der Waals surface area contributed by atoms with Crippen molar-refractivity contribution in [2.24, 2.45) is 11.1 Å². The summed E-state index contributed by atoms with van der Waals surface area (Å²) in [4.78, 5) is 48.9. The number of amides is 1. The fraction of sp³-hybridized carbons (Fsp3) is 0.500. The smallest absolute Gasteiger partial charge is 0.337 e. The molecule has 1 saturated heterocycles. The molecule has 2 saturated carbocycles. The summed E-state index contributed by atoms with van der Waals surface area (Å²) >= 11 is 0. The molecule has 0 aromatic carbocycles. The van der Waals surface area contributed by atoms with Crippen LogP contribution in [0.4, 0.5) is 0 Å². The van der Waals surface area contributed by atoms with Crippen molar-refractivity contribution in [3.05, 3.63) is 44.8 Å². The molecule has 2 aromatic rings. The van der Waals surface area contributed by atoms with E-state index >= 15 is 0 Å². The number of oxime groups is 1. The van der Waals surface area contributed by atoms with E-state index in [9.17, 15) is 14.4 Å². The highest BCUT2D eigenvalue weighted by Crippen LogP contribution is 2.34. The molecule has 10 nitrogen and oxygen atoms in total. The Labute approximate surface area is 183 Å². The predicted octanol–water partition coefficient (Wildman–Crippen LogP) is 1.85. The van der Waals surface area contributed by atoms with Crippen molar-refractivity contribution >= 4 is 22.7 Å². The molecule has 0 unspecified atom stereocenters. The second-order valence-electron chi connectivity index (χ2n) is 8.87. The Balaban J connectivity index is 1.31. The maximum absolute atomic E-state index is 12.7. The number of carbonyl (C=O) groups is 1. The number of aromatic amines is 1. The average Bonchev–Trinajstić information content (AvgIpc) is 3.52. The van der Waals surface area contributed by atoms with Crippen LogP contribution < -0.4 is 26.7 Å². The third-order valence-electron chi connectivity index (χ3n) is 6.46. The van der Waals surface area contributed by atoms with Crippen molar-refractivity contribution in [2.75, 3.05) is 0 Å². The Morgan fingerprint density at radius 3 is 2.72 bits per heavy atom. The van der Waals surface area contributed by atoms with Gasteiger partial charge in [-0.25, -0.2) is 4.79 Å². The first-order chi connectivity index (χ1) is 15.4. The molecule has 0 bridgehead atoms. The molecule has 3 fully saturated rings. The number of nitrogens with zero attached hydrogens (tertiary/aromatic N) is 2. The van der Waals surface area contributed by atoms with Gasteiger partial charge in [-0.05, 0) is 50.0 Å². The van der Waals surface area contributed by atoms with Crippen molar-refractivity contribution in [2.45, 2.75) is 63.3 Å². The summed E-state index contributed by atoms with van der Waals surface area (Å²) in [6, 6.07) is 1.23. The van der Waals surface area contributed by atoms with E-state index in [-0.39, 0.29) is 23.0 Å². The molecule has 2 aliphatic carbocycles. The second-order valence-corrected chi connectivity index (χ2v) is 8.87. The molecule has 32 heavy (non-hydrogen) atoms. The lowest BCUT2D eigenvalue weighted by atomic mass is 9.81. The molecular weight excluding hydrogens is 414 g/mol. The zero-order valence-electron chi connectivity index (χ0n) is 17.7. The number of hydrogen-bond donors (Lipinski definition) is 3. The Kier molecular flexibility index (Phi) is 5.07. The molecule has 168 valence electrons. The molecule has 3 N–H and O–H groups in total. The van der Waals surface area contributed by atoms with Gasteiger partial charge in [0.2, 0.25) is 5.71 Å². The van der Waals surface area contributed by atoms with E-state index in [2.05, 4.69) is 32.3 Å². The maximum Gasteiger partial charge on any atom is 0.337 e. The van der Waals surface area contributed by atoms with Gasteiger partial charge in [-0.3, -0.25) is 14.6 Å². The molecule has 2 aromatic heterocycles. The molecule has 3 aliphatic rings. The molecule has 0 atom stereocenters. The van der Waals surface area contributed by atoms with E-state index in [4.69, 9.17) is 9.25 Å². The van der Waals surface area contributed by atoms with Gasteiger partial charge in [-0.1, -0.05) is 31.0 Å². The maximum atomic E-state index is 12.7. The highest BCUT2D eigenvalue weighted by Gasteiger charge is 2.45. The van der Waals surface area contributed by atoms with Crippen LogP contribution in [0.5, 0.6) is 6.01 Å². The normalized spacial score (nSPS) is 22.8. The highest BCUT2D eigenvalue weighted by molar-refractivity contribution is 5.94. The lowest BCUT2D eigenvalue weighted by Gasteiger charge is -2.31. The van der Waals surface area contributed by atoms with Gasteiger partial charge < -0.3 is 19.9 Å². The van der Waals surface area contributed by atoms with Crippen LogP contribution in [0.25, 0.3) is 11.1 Å². The minimum absolute atomic E-state index is 0.0502. The van der Waals surface area contributed by atoms with Crippen molar-refractivity contribution in [1.82, 2.24) is 20.6 Å². The van der Waals surface area contributed by atoms with Gasteiger partial charge in [0.05, 0.1) is 11.5 Å². The second kappa shape index (κ2) is 7.92. The fourth-order valence-corrected chi connectivity index (χ4v) is 4.51. The molecule has 1 aliphatic heterocycles. The Morgan fingerprint density at radius 1 is 1.25 bits per heavy atom. The van der Waals surface area contributed by atoms with Gasteiger partial charge in [0.1, 0.15) is 10.9 Å². The Bertz CT molecular complexity index is 1230. The summed E-state index contributed by atoms with van der Waals surface area (Å²) in [6.45, 7) is 3.75. The first kappa shape index (κ1) is 20.5. The highest BCUT2D eigenvalue weighted by atomic mass is 16.6. The van der Waals surface area contributed by atoms with Gasteiger partial charge in [0.15, 0.2) is 0 Å². The Hall–Kier alpha value is -3.43. The molecule has 0 radical (unpaired) electrons. The number of fused-ring (bicyclic) bond motifs is 1. The summed E-state index contributed by atoms with van der Waals surface area (Å²) in [5.41, 5.74) is -0.277. The zero-order valence-corrected chi connectivity index (χ0v) is 17.7. The summed E-state index contributed by atoms with van der Waals surface area (Å²) in [5, 5.41) is 10.2. The first-order valence-corrected chi connectivity index (χ1v) is 11.0. The largest absolute Gasteiger partial charge is 0.403 e. The monoisotopic (exact) mass is 439 g/mol. The van der Waals surface area contributed by atoms with Crippen LogP contribution in [0.15, 0.2) is 37.6 Å². The van der Waals surface area contributed by atoms with E-state index in [1.54, 1.807) is 0 Å². The van der Waals surface area contributed by atoms with Crippen molar-refractivity contribution < 1.29 is 14.0 Å². The number of hydrogen-bond acceptors (Lipinski definition) is 8. The number of rotatable bonds is 6. The fourth-order valence-electron chi connectivity index (χ4n) is 4.51. The summed E-state index contributed by atoms with van der Waals surface area (Å²) in [7, 11) is 0. The Morgan fingerprint density at radius 2 is 2.03 bits per heavy atom. The minimum atomic E-state index is -0.648. The van der Waals surface area contributed by atoms with Crippen LogP contribution >= 0.6 is 0 Å². The minimum Gasteiger partial charge on any atom is -0.403 e. The van der Waals surface area contributed by atoms with Crippen LogP contribution in [-0.4, -0.2) is 27.1 Å². The lowest BCUT2D eigenvalue weighted by Crippen LogP contribution is -2.49. The third-order valence-corrected chi connectivity index (χ3v) is 6.46. The van der Waals surface area contributed by atoms with E-state index in [0.29, 0.717) is 43.5 Å².